The molecule has 1 saturated heterocycles. The van der Waals surface area contributed by atoms with Gasteiger partial charge in [0.25, 0.3) is 0 Å². The van der Waals surface area contributed by atoms with Crippen molar-refractivity contribution in [3.8, 4) is 0 Å². The fourth-order valence-electron chi connectivity index (χ4n) is 2.70. The molecule has 0 radical (unpaired) electrons. The van der Waals surface area contributed by atoms with Gasteiger partial charge < -0.3 is 4.90 Å². The lowest BCUT2D eigenvalue weighted by Gasteiger charge is -2.35. The largest absolute Gasteiger partial charge is 0.323 e. The highest BCUT2D eigenvalue weighted by Crippen LogP contribution is 2.43. The Balaban J connectivity index is 2.06. The van der Waals surface area contributed by atoms with Crippen LogP contribution in [0.4, 0.5) is 0 Å². The van der Waals surface area contributed by atoms with Crippen molar-refractivity contribution in [3.05, 3.63) is 0 Å². The summed E-state index contributed by atoms with van der Waals surface area (Å²) in [6, 6.07) is 0.0445. The van der Waals surface area contributed by atoms with Crippen LogP contribution in [0.25, 0.3) is 0 Å². The Labute approximate surface area is 98.6 Å². The van der Waals surface area contributed by atoms with Gasteiger partial charge in [-0.05, 0) is 38.5 Å². The van der Waals surface area contributed by atoms with E-state index in [0.717, 1.165) is 13.1 Å². The third-order valence-corrected chi connectivity index (χ3v) is 4.49. The molecule has 0 bridgehead atoms. The van der Waals surface area contributed by atoms with Crippen molar-refractivity contribution in [2.45, 2.75) is 58.5 Å². The van der Waals surface area contributed by atoms with E-state index in [1.54, 1.807) is 0 Å². The molecule has 16 heavy (non-hydrogen) atoms. The molecule has 2 atom stereocenters. The molecule has 1 aliphatic heterocycles. The number of amides is 1. The lowest BCUT2D eigenvalue weighted by atomic mass is 9.94. The van der Waals surface area contributed by atoms with Crippen LogP contribution in [0.1, 0.15) is 47.0 Å². The summed E-state index contributed by atoms with van der Waals surface area (Å²) in [6.07, 6.45) is 3.62. The standard InChI is InChI=1S/C13H24N2O/c1-5-9(2)11-12(16)15(8-14-11)13(3,4)10-6-7-10/h9-11,14H,5-8H2,1-4H3. The molecule has 92 valence electrons. The molecule has 0 aromatic rings. The highest BCUT2D eigenvalue weighted by Gasteiger charge is 2.48. The summed E-state index contributed by atoms with van der Waals surface area (Å²) >= 11 is 0. The van der Waals surface area contributed by atoms with Crippen LogP contribution in [0, 0.1) is 11.8 Å². The molecule has 2 rings (SSSR count). The molecule has 1 aliphatic carbocycles. The van der Waals surface area contributed by atoms with Crippen molar-refractivity contribution in [1.29, 1.82) is 0 Å². The smallest absolute Gasteiger partial charge is 0.241 e. The molecule has 2 unspecified atom stereocenters. The monoisotopic (exact) mass is 224 g/mol. The van der Waals surface area contributed by atoms with Crippen LogP contribution in [0.15, 0.2) is 0 Å². The summed E-state index contributed by atoms with van der Waals surface area (Å²) in [5, 5.41) is 3.37. The minimum absolute atomic E-state index is 0.0445. The van der Waals surface area contributed by atoms with Gasteiger partial charge in [0.1, 0.15) is 0 Å². The number of nitrogens with one attached hydrogen (secondary N) is 1. The van der Waals surface area contributed by atoms with E-state index in [1.807, 2.05) is 0 Å². The van der Waals surface area contributed by atoms with Gasteiger partial charge in [-0.25, -0.2) is 0 Å². The van der Waals surface area contributed by atoms with Crippen LogP contribution in [-0.4, -0.2) is 29.1 Å². The van der Waals surface area contributed by atoms with Crippen LogP contribution in [0.5, 0.6) is 0 Å². The first-order valence-corrected chi connectivity index (χ1v) is 6.53. The summed E-state index contributed by atoms with van der Waals surface area (Å²) < 4.78 is 0. The van der Waals surface area contributed by atoms with Crippen molar-refractivity contribution in [2.24, 2.45) is 11.8 Å². The normalized spacial score (nSPS) is 28.6. The third kappa shape index (κ3) is 1.86. The Morgan fingerprint density at radius 3 is 2.62 bits per heavy atom. The van der Waals surface area contributed by atoms with Crippen LogP contribution in [0.3, 0.4) is 0 Å². The minimum Gasteiger partial charge on any atom is -0.323 e. The predicted molar refractivity (Wildman–Crippen MR) is 64.9 cm³/mol. The molecule has 1 saturated carbocycles. The zero-order valence-corrected chi connectivity index (χ0v) is 10.9. The number of rotatable bonds is 4. The van der Waals surface area contributed by atoms with Crippen molar-refractivity contribution < 1.29 is 4.79 Å². The van der Waals surface area contributed by atoms with Gasteiger partial charge >= 0.3 is 0 Å². The quantitative estimate of drug-likeness (QED) is 0.792. The summed E-state index contributed by atoms with van der Waals surface area (Å²) in [5.74, 6) is 1.47. The van der Waals surface area contributed by atoms with Crippen LogP contribution < -0.4 is 5.32 Å². The van der Waals surface area contributed by atoms with Gasteiger partial charge in [0, 0.05) is 5.54 Å². The number of carbonyl (C=O) groups excluding carboxylic acids is 1. The Hall–Kier alpha value is -0.570. The molecule has 2 fully saturated rings. The van der Waals surface area contributed by atoms with Crippen molar-refractivity contribution >= 4 is 5.91 Å². The average Bonchev–Trinajstić information content (AvgIpc) is 3.02. The Bertz CT molecular complexity index is 284. The zero-order valence-electron chi connectivity index (χ0n) is 10.9. The summed E-state index contributed by atoms with van der Waals surface area (Å²) in [7, 11) is 0. The Kier molecular flexibility index (Phi) is 2.99. The molecular weight excluding hydrogens is 200 g/mol. The molecule has 1 amide bonds. The Morgan fingerprint density at radius 1 is 1.50 bits per heavy atom. The highest BCUT2D eigenvalue weighted by atomic mass is 16.2. The van der Waals surface area contributed by atoms with Gasteiger partial charge in [0.05, 0.1) is 12.7 Å². The first-order chi connectivity index (χ1) is 7.48. The molecule has 3 nitrogen and oxygen atoms in total. The van der Waals surface area contributed by atoms with Gasteiger partial charge in [0.2, 0.25) is 5.91 Å². The van der Waals surface area contributed by atoms with E-state index >= 15 is 0 Å². The van der Waals surface area contributed by atoms with E-state index in [0.29, 0.717) is 17.7 Å². The molecule has 0 aromatic heterocycles. The maximum atomic E-state index is 12.3. The number of hydrogen-bond donors (Lipinski definition) is 1. The Morgan fingerprint density at radius 2 is 2.12 bits per heavy atom. The van der Waals surface area contributed by atoms with E-state index in [2.05, 4.69) is 37.9 Å². The lowest BCUT2D eigenvalue weighted by molar-refractivity contribution is -0.134. The molecule has 2 aliphatic rings. The molecular formula is C13H24N2O. The number of hydrogen-bond acceptors (Lipinski definition) is 2. The SMILES string of the molecule is CCC(C)C1NCN(C(C)(C)C2CC2)C1=O. The highest BCUT2D eigenvalue weighted by molar-refractivity contribution is 5.84. The summed E-state index contributed by atoms with van der Waals surface area (Å²) in [4.78, 5) is 14.4. The van der Waals surface area contributed by atoms with Crippen LogP contribution in [0.2, 0.25) is 0 Å². The minimum atomic E-state index is 0.0445. The van der Waals surface area contributed by atoms with Crippen molar-refractivity contribution in [1.82, 2.24) is 10.2 Å². The number of carbonyl (C=O) groups is 1. The maximum Gasteiger partial charge on any atom is 0.241 e. The van der Waals surface area contributed by atoms with Crippen LogP contribution in [-0.2, 0) is 4.79 Å². The second kappa shape index (κ2) is 4.02. The molecule has 0 spiro atoms. The van der Waals surface area contributed by atoms with E-state index in [-0.39, 0.29) is 11.6 Å². The van der Waals surface area contributed by atoms with Crippen molar-refractivity contribution in [3.63, 3.8) is 0 Å². The summed E-state index contributed by atoms with van der Waals surface area (Å²) in [5.41, 5.74) is 0.0479. The molecule has 1 N–H and O–H groups in total. The zero-order chi connectivity index (χ0) is 11.9. The maximum absolute atomic E-state index is 12.3. The van der Waals surface area contributed by atoms with Crippen molar-refractivity contribution in [2.75, 3.05) is 6.67 Å². The fourth-order valence-corrected chi connectivity index (χ4v) is 2.70. The van der Waals surface area contributed by atoms with E-state index in [9.17, 15) is 4.79 Å². The summed E-state index contributed by atoms with van der Waals surface area (Å²) in [6.45, 7) is 9.46. The average molecular weight is 224 g/mol. The van der Waals surface area contributed by atoms with Gasteiger partial charge in [-0.3, -0.25) is 10.1 Å². The van der Waals surface area contributed by atoms with E-state index in [1.165, 1.54) is 12.8 Å². The first-order valence-electron chi connectivity index (χ1n) is 6.53. The lowest BCUT2D eigenvalue weighted by Crippen LogP contribution is -2.48. The van der Waals surface area contributed by atoms with Gasteiger partial charge in [-0.2, -0.15) is 0 Å². The number of nitrogens with zero attached hydrogens (tertiary/aromatic N) is 1. The van der Waals surface area contributed by atoms with E-state index < -0.39 is 0 Å². The topological polar surface area (TPSA) is 32.3 Å². The van der Waals surface area contributed by atoms with Gasteiger partial charge in [-0.15, -0.1) is 0 Å². The second-order valence-corrected chi connectivity index (χ2v) is 5.92. The molecule has 1 heterocycles. The van der Waals surface area contributed by atoms with E-state index in [4.69, 9.17) is 0 Å². The fraction of sp³-hybridized carbons (Fsp3) is 0.923. The second-order valence-electron chi connectivity index (χ2n) is 5.92. The van der Waals surface area contributed by atoms with Gasteiger partial charge in [-0.1, -0.05) is 20.3 Å². The first kappa shape index (κ1) is 11.9. The molecule has 0 aromatic carbocycles. The van der Waals surface area contributed by atoms with Gasteiger partial charge in [0.15, 0.2) is 0 Å². The third-order valence-electron chi connectivity index (χ3n) is 4.49. The van der Waals surface area contributed by atoms with Crippen LogP contribution >= 0.6 is 0 Å². The molecule has 3 heteroatoms. The predicted octanol–water partition coefficient (Wildman–Crippen LogP) is 1.98.